The number of halogens is 1. The SMILES string of the molecule is COC(=O)C1CCN(C(=O)c2nn3c(c2F)OCC3)CC1. The second-order valence-corrected chi connectivity index (χ2v) is 5.13. The van der Waals surface area contributed by atoms with E-state index in [4.69, 9.17) is 9.47 Å². The smallest absolute Gasteiger partial charge is 0.308 e. The highest BCUT2D eigenvalue weighted by atomic mass is 19.1. The monoisotopic (exact) mass is 297 g/mol. The summed E-state index contributed by atoms with van der Waals surface area (Å²) in [7, 11) is 1.35. The van der Waals surface area contributed by atoms with Crippen LogP contribution in [0.5, 0.6) is 5.88 Å². The van der Waals surface area contributed by atoms with Gasteiger partial charge >= 0.3 is 5.97 Å². The number of esters is 1. The minimum absolute atomic E-state index is 0.0304. The normalized spacial score (nSPS) is 18.3. The van der Waals surface area contributed by atoms with Crippen molar-refractivity contribution in [3.8, 4) is 5.88 Å². The van der Waals surface area contributed by atoms with Crippen LogP contribution in [0.1, 0.15) is 23.3 Å². The average molecular weight is 297 g/mol. The van der Waals surface area contributed by atoms with Gasteiger partial charge in [0, 0.05) is 13.1 Å². The molecule has 1 amide bonds. The highest BCUT2D eigenvalue weighted by Crippen LogP contribution is 2.26. The van der Waals surface area contributed by atoms with Crippen LogP contribution >= 0.6 is 0 Å². The number of hydrogen-bond donors (Lipinski definition) is 0. The molecule has 0 spiro atoms. The molecule has 2 aliphatic rings. The third-order valence-electron chi connectivity index (χ3n) is 3.91. The third kappa shape index (κ3) is 2.34. The molecule has 0 bridgehead atoms. The zero-order valence-electron chi connectivity index (χ0n) is 11.7. The van der Waals surface area contributed by atoms with E-state index in [1.165, 1.54) is 16.7 Å². The highest BCUT2D eigenvalue weighted by molar-refractivity contribution is 5.93. The van der Waals surface area contributed by atoms with Gasteiger partial charge in [0.1, 0.15) is 6.61 Å². The Hall–Kier alpha value is -2.12. The number of methoxy groups -OCH3 is 1. The number of hydrogen-bond acceptors (Lipinski definition) is 5. The van der Waals surface area contributed by atoms with E-state index in [0.29, 0.717) is 39.1 Å². The molecule has 2 aliphatic heterocycles. The molecule has 0 unspecified atom stereocenters. The first kappa shape index (κ1) is 13.8. The van der Waals surface area contributed by atoms with Crippen molar-refractivity contribution in [1.29, 1.82) is 0 Å². The molecular weight excluding hydrogens is 281 g/mol. The van der Waals surface area contributed by atoms with Gasteiger partial charge in [-0.2, -0.15) is 9.49 Å². The molecule has 0 aliphatic carbocycles. The lowest BCUT2D eigenvalue weighted by Crippen LogP contribution is -2.41. The van der Waals surface area contributed by atoms with Crippen molar-refractivity contribution in [2.75, 3.05) is 26.8 Å². The molecule has 8 heteroatoms. The molecule has 0 aromatic carbocycles. The number of carbonyl (C=O) groups is 2. The van der Waals surface area contributed by atoms with Crippen LogP contribution in [0.25, 0.3) is 0 Å². The summed E-state index contributed by atoms with van der Waals surface area (Å²) in [4.78, 5) is 25.3. The molecule has 1 aromatic rings. The molecule has 1 aromatic heterocycles. The minimum Gasteiger partial charge on any atom is -0.474 e. The van der Waals surface area contributed by atoms with Gasteiger partial charge in [-0.25, -0.2) is 4.68 Å². The summed E-state index contributed by atoms with van der Waals surface area (Å²) in [5, 5.41) is 3.97. The maximum Gasteiger partial charge on any atom is 0.308 e. The van der Waals surface area contributed by atoms with E-state index in [1.54, 1.807) is 0 Å². The fraction of sp³-hybridized carbons (Fsp3) is 0.615. The molecule has 0 N–H and O–H groups in total. The standard InChI is InChI=1S/C13H16FN3O4/c1-20-13(19)8-2-4-16(5-3-8)11(18)10-9(14)12-17(15-10)6-7-21-12/h8H,2-7H2,1H3. The number of amides is 1. The number of piperidine rings is 1. The molecule has 0 saturated carbocycles. The molecule has 7 nitrogen and oxygen atoms in total. The quantitative estimate of drug-likeness (QED) is 0.741. The molecule has 21 heavy (non-hydrogen) atoms. The molecule has 114 valence electrons. The van der Waals surface area contributed by atoms with E-state index in [0.717, 1.165) is 0 Å². The summed E-state index contributed by atoms with van der Waals surface area (Å²) in [5.41, 5.74) is -0.207. The molecule has 0 atom stereocenters. The predicted molar refractivity (Wildman–Crippen MR) is 68.3 cm³/mol. The van der Waals surface area contributed by atoms with Crippen LogP contribution in [-0.4, -0.2) is 53.4 Å². The van der Waals surface area contributed by atoms with Crippen LogP contribution in [0, 0.1) is 11.7 Å². The number of aromatic nitrogens is 2. The van der Waals surface area contributed by atoms with Crippen molar-refractivity contribution in [2.24, 2.45) is 5.92 Å². The Morgan fingerprint density at radius 2 is 2.05 bits per heavy atom. The van der Waals surface area contributed by atoms with Crippen molar-refractivity contribution < 1.29 is 23.5 Å². The van der Waals surface area contributed by atoms with Crippen LogP contribution < -0.4 is 4.74 Å². The fourth-order valence-corrected chi connectivity index (χ4v) is 2.71. The Morgan fingerprint density at radius 1 is 1.33 bits per heavy atom. The van der Waals surface area contributed by atoms with Gasteiger partial charge in [-0.15, -0.1) is 0 Å². The second-order valence-electron chi connectivity index (χ2n) is 5.13. The third-order valence-corrected chi connectivity index (χ3v) is 3.91. The molecule has 1 saturated heterocycles. The van der Waals surface area contributed by atoms with Gasteiger partial charge in [-0.05, 0) is 12.8 Å². The predicted octanol–water partition coefficient (Wildman–Crippen LogP) is 0.440. The first-order valence-corrected chi connectivity index (χ1v) is 6.88. The van der Waals surface area contributed by atoms with Gasteiger partial charge < -0.3 is 14.4 Å². The number of nitrogens with zero attached hydrogens (tertiary/aromatic N) is 3. The molecular formula is C13H16FN3O4. The van der Waals surface area contributed by atoms with Crippen molar-refractivity contribution in [3.05, 3.63) is 11.5 Å². The van der Waals surface area contributed by atoms with Crippen LogP contribution in [-0.2, 0) is 16.1 Å². The van der Waals surface area contributed by atoms with E-state index in [-0.39, 0.29) is 23.5 Å². The molecule has 0 radical (unpaired) electrons. The second kappa shape index (κ2) is 5.34. The highest BCUT2D eigenvalue weighted by Gasteiger charge is 2.33. The Kier molecular flexibility index (Phi) is 3.52. The maximum atomic E-state index is 14.1. The Balaban J connectivity index is 1.69. The van der Waals surface area contributed by atoms with Gasteiger partial charge in [0.15, 0.2) is 5.69 Å². The Bertz CT molecular complexity index is 578. The Labute approximate surface area is 120 Å². The van der Waals surface area contributed by atoms with E-state index < -0.39 is 11.7 Å². The van der Waals surface area contributed by atoms with Crippen molar-refractivity contribution in [3.63, 3.8) is 0 Å². The molecule has 1 fully saturated rings. The number of rotatable bonds is 2. The minimum atomic E-state index is -0.701. The summed E-state index contributed by atoms with van der Waals surface area (Å²) in [6, 6.07) is 0. The lowest BCUT2D eigenvalue weighted by molar-refractivity contribution is -0.146. The summed E-state index contributed by atoms with van der Waals surface area (Å²) in [6.07, 6.45) is 1.04. The lowest BCUT2D eigenvalue weighted by Gasteiger charge is -2.30. The van der Waals surface area contributed by atoms with Gasteiger partial charge in [0.25, 0.3) is 5.91 Å². The number of fused-ring (bicyclic) bond motifs is 1. The van der Waals surface area contributed by atoms with Crippen molar-refractivity contribution in [1.82, 2.24) is 14.7 Å². The van der Waals surface area contributed by atoms with Crippen molar-refractivity contribution in [2.45, 2.75) is 19.4 Å². The van der Waals surface area contributed by atoms with Gasteiger partial charge in [0.2, 0.25) is 11.7 Å². The van der Waals surface area contributed by atoms with Crippen LogP contribution in [0.15, 0.2) is 0 Å². The van der Waals surface area contributed by atoms with Gasteiger partial charge in [0.05, 0.1) is 19.6 Å². The zero-order chi connectivity index (χ0) is 15.0. The average Bonchev–Trinajstić information content (AvgIpc) is 3.09. The number of ether oxygens (including phenoxy) is 2. The van der Waals surface area contributed by atoms with E-state index in [1.807, 2.05) is 0 Å². The Morgan fingerprint density at radius 3 is 2.67 bits per heavy atom. The van der Waals surface area contributed by atoms with E-state index >= 15 is 0 Å². The summed E-state index contributed by atoms with van der Waals surface area (Å²) >= 11 is 0. The summed E-state index contributed by atoms with van der Waals surface area (Å²) in [6.45, 7) is 1.60. The maximum absolute atomic E-state index is 14.1. The van der Waals surface area contributed by atoms with E-state index in [2.05, 4.69) is 5.10 Å². The molecule has 3 heterocycles. The lowest BCUT2D eigenvalue weighted by atomic mass is 9.97. The zero-order valence-corrected chi connectivity index (χ0v) is 11.7. The largest absolute Gasteiger partial charge is 0.474 e. The van der Waals surface area contributed by atoms with Crippen LogP contribution in [0.3, 0.4) is 0 Å². The van der Waals surface area contributed by atoms with Crippen LogP contribution in [0.2, 0.25) is 0 Å². The summed E-state index contributed by atoms with van der Waals surface area (Å²) in [5.74, 6) is -1.58. The van der Waals surface area contributed by atoms with Gasteiger partial charge in [-0.1, -0.05) is 0 Å². The van der Waals surface area contributed by atoms with Crippen LogP contribution in [0.4, 0.5) is 4.39 Å². The topological polar surface area (TPSA) is 73.7 Å². The van der Waals surface area contributed by atoms with Crippen molar-refractivity contribution >= 4 is 11.9 Å². The van der Waals surface area contributed by atoms with Gasteiger partial charge in [-0.3, -0.25) is 9.59 Å². The number of carbonyl (C=O) groups excluding carboxylic acids is 2. The summed E-state index contributed by atoms with van der Waals surface area (Å²) < 4.78 is 25.2. The first-order chi connectivity index (χ1) is 10.1. The fourth-order valence-electron chi connectivity index (χ4n) is 2.71. The first-order valence-electron chi connectivity index (χ1n) is 6.88. The number of likely N-dealkylation sites (tertiary alicyclic amines) is 1. The molecule has 3 rings (SSSR count). The van der Waals surface area contributed by atoms with E-state index in [9.17, 15) is 14.0 Å².